The highest BCUT2D eigenvalue weighted by atomic mass is 16.6. The van der Waals surface area contributed by atoms with E-state index in [4.69, 9.17) is 0 Å². The van der Waals surface area contributed by atoms with Crippen LogP contribution in [0.3, 0.4) is 0 Å². The molecule has 84 valence electrons. The smallest absolute Gasteiger partial charge is 0.271 e. The Bertz CT molecular complexity index is 490. The lowest BCUT2D eigenvalue weighted by Gasteiger charge is -2.31. The first-order chi connectivity index (χ1) is 7.39. The summed E-state index contributed by atoms with van der Waals surface area (Å²) < 4.78 is 0. The first-order valence-electron chi connectivity index (χ1n) is 5.15. The highest BCUT2D eigenvalue weighted by Gasteiger charge is 2.23. The van der Waals surface area contributed by atoms with Gasteiger partial charge in [0.25, 0.3) is 5.69 Å². The average Bonchev–Trinajstić information content (AvgIpc) is 2.14. The fourth-order valence-electron chi connectivity index (χ4n) is 2.10. The number of allylic oxidation sites excluding steroid dienone is 1. The number of rotatable bonds is 1. The number of hydrogen-bond donors (Lipinski definition) is 1. The molecule has 0 radical (unpaired) electrons. The van der Waals surface area contributed by atoms with Crippen molar-refractivity contribution >= 4 is 16.9 Å². The van der Waals surface area contributed by atoms with Gasteiger partial charge in [0, 0.05) is 23.4 Å². The molecule has 0 fully saturated rings. The summed E-state index contributed by atoms with van der Waals surface area (Å²) in [6, 6.07) is 4.92. The highest BCUT2D eigenvalue weighted by molar-refractivity contribution is 5.81. The molecule has 16 heavy (non-hydrogen) atoms. The van der Waals surface area contributed by atoms with E-state index in [-0.39, 0.29) is 16.1 Å². The lowest BCUT2D eigenvalue weighted by molar-refractivity contribution is -0.384. The molecule has 1 aliphatic rings. The van der Waals surface area contributed by atoms with Gasteiger partial charge in [-0.1, -0.05) is 6.08 Å². The maximum atomic E-state index is 10.7. The summed E-state index contributed by atoms with van der Waals surface area (Å²) in [5.74, 6) is 0. The molecule has 1 aromatic carbocycles. The molecule has 0 unspecified atom stereocenters. The number of nitro groups is 1. The second kappa shape index (κ2) is 3.33. The molecule has 1 N–H and O–H groups in total. The van der Waals surface area contributed by atoms with Crippen molar-refractivity contribution in [3.63, 3.8) is 0 Å². The van der Waals surface area contributed by atoms with Crippen LogP contribution in [0.1, 0.15) is 26.3 Å². The van der Waals surface area contributed by atoms with Gasteiger partial charge in [-0.05, 0) is 32.4 Å². The summed E-state index contributed by atoms with van der Waals surface area (Å²) in [7, 11) is 0. The molecule has 0 spiro atoms. The number of nitro benzene ring substituents is 1. The number of non-ortho nitro benzene ring substituents is 1. The molecule has 2 rings (SSSR count). The van der Waals surface area contributed by atoms with Crippen LogP contribution < -0.4 is 5.32 Å². The van der Waals surface area contributed by atoms with Crippen molar-refractivity contribution in [2.24, 2.45) is 0 Å². The molecule has 4 nitrogen and oxygen atoms in total. The molecule has 0 amide bonds. The fourth-order valence-corrected chi connectivity index (χ4v) is 2.10. The van der Waals surface area contributed by atoms with Gasteiger partial charge in [0.15, 0.2) is 0 Å². The number of nitrogens with one attached hydrogen (secondary N) is 1. The number of fused-ring (bicyclic) bond motifs is 1. The average molecular weight is 218 g/mol. The second-order valence-corrected chi connectivity index (χ2v) is 4.66. The highest BCUT2D eigenvalue weighted by Crippen LogP contribution is 2.35. The summed E-state index contributed by atoms with van der Waals surface area (Å²) in [5.41, 5.74) is 2.97. The molecule has 0 aromatic heterocycles. The van der Waals surface area contributed by atoms with E-state index >= 15 is 0 Å². The second-order valence-electron chi connectivity index (χ2n) is 4.66. The van der Waals surface area contributed by atoms with Crippen LogP contribution in [0.5, 0.6) is 0 Å². The zero-order valence-corrected chi connectivity index (χ0v) is 9.57. The topological polar surface area (TPSA) is 55.2 Å². The van der Waals surface area contributed by atoms with Crippen molar-refractivity contribution in [3.8, 4) is 0 Å². The molecular weight excluding hydrogens is 204 g/mol. The summed E-state index contributed by atoms with van der Waals surface area (Å²) in [6.45, 7) is 6.10. The fraction of sp³-hybridized carbons (Fsp3) is 0.333. The Morgan fingerprint density at radius 1 is 1.38 bits per heavy atom. The zero-order chi connectivity index (χ0) is 11.9. The van der Waals surface area contributed by atoms with Gasteiger partial charge in [0.1, 0.15) is 0 Å². The van der Waals surface area contributed by atoms with Crippen LogP contribution in [0.2, 0.25) is 0 Å². The Balaban J connectivity index is 2.54. The largest absolute Gasteiger partial charge is 0.376 e. The molecule has 1 aromatic rings. The molecule has 0 bridgehead atoms. The van der Waals surface area contributed by atoms with Crippen LogP contribution in [0, 0.1) is 10.1 Å². The normalized spacial score (nSPS) is 17.1. The summed E-state index contributed by atoms with van der Waals surface area (Å²) in [5, 5.41) is 14.0. The number of nitrogens with zero attached hydrogens (tertiary/aromatic N) is 1. The van der Waals surface area contributed by atoms with Crippen molar-refractivity contribution in [1.29, 1.82) is 0 Å². The predicted octanol–water partition coefficient (Wildman–Crippen LogP) is 3.20. The minimum atomic E-state index is -0.372. The first kappa shape index (κ1) is 10.7. The van der Waals surface area contributed by atoms with Crippen molar-refractivity contribution < 1.29 is 4.92 Å². The minimum absolute atomic E-state index is 0.122. The van der Waals surface area contributed by atoms with Crippen LogP contribution in [-0.2, 0) is 0 Å². The van der Waals surface area contributed by atoms with E-state index < -0.39 is 0 Å². The number of hydrogen-bond acceptors (Lipinski definition) is 3. The third-order valence-electron chi connectivity index (χ3n) is 2.67. The van der Waals surface area contributed by atoms with Crippen LogP contribution >= 0.6 is 0 Å². The van der Waals surface area contributed by atoms with Crippen molar-refractivity contribution in [1.82, 2.24) is 0 Å². The van der Waals surface area contributed by atoms with E-state index in [1.54, 1.807) is 12.1 Å². The first-order valence-corrected chi connectivity index (χ1v) is 5.15. The molecule has 0 aliphatic carbocycles. The quantitative estimate of drug-likeness (QED) is 0.581. The molecule has 4 heteroatoms. The monoisotopic (exact) mass is 218 g/mol. The Morgan fingerprint density at radius 3 is 2.69 bits per heavy atom. The Labute approximate surface area is 94.1 Å². The van der Waals surface area contributed by atoms with Crippen LogP contribution in [0.15, 0.2) is 24.3 Å². The molecule has 1 heterocycles. The van der Waals surface area contributed by atoms with Crippen molar-refractivity contribution in [2.45, 2.75) is 26.3 Å². The van der Waals surface area contributed by atoms with Crippen molar-refractivity contribution in [3.05, 3.63) is 40.0 Å². The lowest BCUT2D eigenvalue weighted by atomic mass is 9.91. The standard InChI is InChI=1S/C12H14N2O2/c1-8-7-12(2,3)13-11-6-9(14(15)16)4-5-10(8)11/h4-7,13H,1-3H3. The van der Waals surface area contributed by atoms with E-state index in [0.29, 0.717) is 0 Å². The Kier molecular flexibility index (Phi) is 2.22. The zero-order valence-electron chi connectivity index (χ0n) is 9.57. The Hall–Kier alpha value is -1.84. The third kappa shape index (κ3) is 1.78. The van der Waals surface area contributed by atoms with E-state index in [9.17, 15) is 10.1 Å². The van der Waals surface area contributed by atoms with Gasteiger partial charge in [-0.25, -0.2) is 0 Å². The van der Waals surface area contributed by atoms with Gasteiger partial charge in [-0.15, -0.1) is 0 Å². The van der Waals surface area contributed by atoms with Gasteiger partial charge >= 0.3 is 0 Å². The van der Waals surface area contributed by atoms with Crippen molar-refractivity contribution in [2.75, 3.05) is 5.32 Å². The lowest BCUT2D eigenvalue weighted by Crippen LogP contribution is -2.31. The van der Waals surface area contributed by atoms with Crippen LogP contribution in [0.25, 0.3) is 5.57 Å². The maximum Gasteiger partial charge on any atom is 0.271 e. The minimum Gasteiger partial charge on any atom is -0.376 e. The van der Waals surface area contributed by atoms with Gasteiger partial charge in [0.05, 0.1) is 10.5 Å². The number of benzene rings is 1. The summed E-state index contributed by atoms with van der Waals surface area (Å²) in [4.78, 5) is 10.3. The SMILES string of the molecule is CC1=CC(C)(C)Nc2cc([N+](=O)[O-])ccc21. The number of anilines is 1. The molecule has 0 atom stereocenters. The molecule has 0 saturated carbocycles. The van der Waals surface area contributed by atoms with E-state index in [1.165, 1.54) is 6.07 Å². The van der Waals surface area contributed by atoms with Crippen LogP contribution in [0.4, 0.5) is 11.4 Å². The molecular formula is C12H14N2O2. The molecule has 1 aliphatic heterocycles. The van der Waals surface area contributed by atoms with Gasteiger partial charge < -0.3 is 5.32 Å². The predicted molar refractivity (Wildman–Crippen MR) is 64.4 cm³/mol. The summed E-state index contributed by atoms with van der Waals surface area (Å²) >= 11 is 0. The van der Waals surface area contributed by atoms with Gasteiger partial charge in [0.2, 0.25) is 0 Å². The Morgan fingerprint density at radius 2 is 2.06 bits per heavy atom. The maximum absolute atomic E-state index is 10.7. The van der Waals surface area contributed by atoms with Gasteiger partial charge in [-0.2, -0.15) is 0 Å². The van der Waals surface area contributed by atoms with Crippen LogP contribution in [-0.4, -0.2) is 10.5 Å². The van der Waals surface area contributed by atoms with E-state index in [2.05, 4.69) is 11.4 Å². The molecule has 0 saturated heterocycles. The van der Waals surface area contributed by atoms with Gasteiger partial charge in [-0.3, -0.25) is 10.1 Å². The van der Waals surface area contributed by atoms with E-state index in [1.807, 2.05) is 20.8 Å². The van der Waals surface area contributed by atoms with E-state index in [0.717, 1.165) is 16.8 Å². The third-order valence-corrected chi connectivity index (χ3v) is 2.67. The summed E-state index contributed by atoms with van der Waals surface area (Å²) in [6.07, 6.45) is 2.13.